The number of ether oxygens (including phenoxy) is 1. The Labute approximate surface area is 186 Å². The molecule has 0 aliphatic rings. The molecule has 0 spiro atoms. The standard InChI is InChI=1S/C27H35NO3/c1-5-8-12-22(6-2)20-31-27(30)24-15-17-25(18-16-24)28(7-3)19-26(21(4)29)23-13-10-9-11-14-23/h9-11,13-19,22H,5-8,12,20H2,1-4H3/b26-19+. The maximum atomic E-state index is 12.4. The zero-order valence-corrected chi connectivity index (χ0v) is 19.3. The normalized spacial score (nSPS) is 12.3. The minimum Gasteiger partial charge on any atom is -0.462 e. The van der Waals surface area contributed by atoms with Crippen LogP contribution in [-0.2, 0) is 9.53 Å². The van der Waals surface area contributed by atoms with Gasteiger partial charge in [0.2, 0.25) is 0 Å². The van der Waals surface area contributed by atoms with Crippen LogP contribution in [0.4, 0.5) is 5.69 Å². The topological polar surface area (TPSA) is 46.6 Å². The van der Waals surface area contributed by atoms with Gasteiger partial charge in [0, 0.05) is 24.0 Å². The first-order valence-corrected chi connectivity index (χ1v) is 11.3. The zero-order chi connectivity index (χ0) is 22.6. The summed E-state index contributed by atoms with van der Waals surface area (Å²) in [6.07, 6.45) is 6.31. The van der Waals surface area contributed by atoms with E-state index in [0.29, 0.717) is 30.2 Å². The Kier molecular flexibility index (Phi) is 10.0. The molecular weight excluding hydrogens is 386 g/mol. The third-order valence-corrected chi connectivity index (χ3v) is 5.52. The Morgan fingerprint density at radius 2 is 1.65 bits per heavy atom. The lowest BCUT2D eigenvalue weighted by molar-refractivity contribution is -0.111. The molecule has 0 aromatic heterocycles. The van der Waals surface area contributed by atoms with Gasteiger partial charge in [-0.2, -0.15) is 0 Å². The lowest BCUT2D eigenvalue weighted by atomic mass is 10.0. The first-order chi connectivity index (χ1) is 15.0. The zero-order valence-electron chi connectivity index (χ0n) is 19.3. The van der Waals surface area contributed by atoms with Crippen molar-refractivity contribution in [2.45, 2.75) is 53.4 Å². The van der Waals surface area contributed by atoms with Crippen LogP contribution >= 0.6 is 0 Å². The van der Waals surface area contributed by atoms with Crippen LogP contribution in [0.3, 0.4) is 0 Å². The average Bonchev–Trinajstić information content (AvgIpc) is 2.80. The second kappa shape index (κ2) is 12.7. The van der Waals surface area contributed by atoms with Crippen molar-refractivity contribution in [1.82, 2.24) is 0 Å². The minimum atomic E-state index is -0.284. The molecule has 0 bridgehead atoms. The van der Waals surface area contributed by atoms with Gasteiger partial charge in [-0.25, -0.2) is 4.79 Å². The van der Waals surface area contributed by atoms with Crippen LogP contribution in [0, 0.1) is 5.92 Å². The highest BCUT2D eigenvalue weighted by atomic mass is 16.5. The van der Waals surface area contributed by atoms with Crippen molar-refractivity contribution < 1.29 is 14.3 Å². The number of Topliss-reactive ketones (excluding diaryl/α,β-unsaturated/α-hetero) is 1. The minimum absolute atomic E-state index is 0.0124. The van der Waals surface area contributed by atoms with Crippen molar-refractivity contribution in [3.05, 3.63) is 71.9 Å². The molecule has 166 valence electrons. The fourth-order valence-corrected chi connectivity index (χ4v) is 3.45. The van der Waals surface area contributed by atoms with Crippen LogP contribution in [-0.4, -0.2) is 24.9 Å². The molecule has 0 fully saturated rings. The van der Waals surface area contributed by atoms with Gasteiger partial charge in [0.05, 0.1) is 12.2 Å². The largest absolute Gasteiger partial charge is 0.462 e. The highest BCUT2D eigenvalue weighted by Crippen LogP contribution is 2.22. The van der Waals surface area contributed by atoms with E-state index in [0.717, 1.165) is 36.9 Å². The van der Waals surface area contributed by atoms with Crippen LogP contribution in [0.25, 0.3) is 5.57 Å². The number of unbranched alkanes of at least 4 members (excludes halogenated alkanes) is 1. The fourth-order valence-electron chi connectivity index (χ4n) is 3.45. The summed E-state index contributed by atoms with van der Waals surface area (Å²) in [5.41, 5.74) is 3.01. The summed E-state index contributed by atoms with van der Waals surface area (Å²) in [6, 6.07) is 17.0. The summed E-state index contributed by atoms with van der Waals surface area (Å²) < 4.78 is 5.55. The van der Waals surface area contributed by atoms with Crippen LogP contribution in [0.2, 0.25) is 0 Å². The summed E-state index contributed by atoms with van der Waals surface area (Å²) in [5, 5.41) is 0. The highest BCUT2D eigenvalue weighted by Gasteiger charge is 2.14. The molecule has 1 atom stereocenters. The van der Waals surface area contributed by atoms with E-state index >= 15 is 0 Å². The Balaban J connectivity index is 2.11. The predicted molar refractivity (Wildman–Crippen MR) is 128 cm³/mol. The Morgan fingerprint density at radius 1 is 0.968 bits per heavy atom. The Bertz CT molecular complexity index is 856. The molecule has 0 heterocycles. The number of anilines is 1. The number of esters is 1. The van der Waals surface area contributed by atoms with Gasteiger partial charge >= 0.3 is 5.97 Å². The first-order valence-electron chi connectivity index (χ1n) is 11.3. The number of hydrogen-bond acceptors (Lipinski definition) is 4. The molecule has 0 radical (unpaired) electrons. The van der Waals surface area contributed by atoms with Crippen molar-refractivity contribution in [2.75, 3.05) is 18.1 Å². The predicted octanol–water partition coefficient (Wildman–Crippen LogP) is 6.52. The summed E-state index contributed by atoms with van der Waals surface area (Å²) >= 11 is 0. The molecule has 1 unspecified atom stereocenters. The third-order valence-electron chi connectivity index (χ3n) is 5.52. The molecule has 31 heavy (non-hydrogen) atoms. The number of hydrogen-bond donors (Lipinski definition) is 0. The van der Waals surface area contributed by atoms with Crippen molar-refractivity contribution >= 4 is 23.0 Å². The van der Waals surface area contributed by atoms with Crippen LogP contribution < -0.4 is 4.90 Å². The van der Waals surface area contributed by atoms with Gasteiger partial charge < -0.3 is 9.64 Å². The van der Waals surface area contributed by atoms with Gasteiger partial charge in [0.25, 0.3) is 0 Å². The molecular formula is C27H35NO3. The van der Waals surface area contributed by atoms with E-state index in [1.54, 1.807) is 19.1 Å². The summed E-state index contributed by atoms with van der Waals surface area (Å²) in [6.45, 7) is 9.09. The third kappa shape index (κ3) is 7.39. The number of benzene rings is 2. The van der Waals surface area contributed by atoms with Crippen molar-refractivity contribution in [1.29, 1.82) is 0 Å². The molecule has 0 saturated carbocycles. The van der Waals surface area contributed by atoms with Gasteiger partial charge in [-0.3, -0.25) is 4.79 Å². The molecule has 0 saturated heterocycles. The van der Waals surface area contributed by atoms with Crippen LogP contribution in [0.5, 0.6) is 0 Å². The second-order valence-electron chi connectivity index (χ2n) is 7.81. The number of nitrogens with zero attached hydrogens (tertiary/aromatic N) is 1. The number of allylic oxidation sites excluding steroid dienone is 1. The van der Waals surface area contributed by atoms with E-state index in [-0.39, 0.29) is 11.8 Å². The van der Waals surface area contributed by atoms with E-state index in [9.17, 15) is 9.59 Å². The molecule has 2 aromatic rings. The van der Waals surface area contributed by atoms with Gasteiger partial charge in [-0.1, -0.05) is 63.4 Å². The Morgan fingerprint density at radius 3 is 2.19 bits per heavy atom. The van der Waals surface area contributed by atoms with Crippen molar-refractivity contribution in [3.63, 3.8) is 0 Å². The summed E-state index contributed by atoms with van der Waals surface area (Å²) in [7, 11) is 0. The van der Waals surface area contributed by atoms with E-state index in [4.69, 9.17) is 4.74 Å². The highest BCUT2D eigenvalue weighted by molar-refractivity contribution is 6.19. The fraction of sp³-hybridized carbons (Fsp3) is 0.407. The maximum Gasteiger partial charge on any atom is 0.338 e. The lowest BCUT2D eigenvalue weighted by Crippen LogP contribution is -2.17. The van der Waals surface area contributed by atoms with Crippen LogP contribution in [0.1, 0.15) is 69.3 Å². The number of carbonyl (C=O) groups is 2. The molecule has 4 nitrogen and oxygen atoms in total. The smallest absolute Gasteiger partial charge is 0.338 e. The van der Waals surface area contributed by atoms with E-state index in [1.165, 1.54) is 0 Å². The number of ketones is 1. The SMILES string of the molecule is CCCCC(CC)COC(=O)c1ccc(N(/C=C(\C(C)=O)c2ccccc2)CC)cc1. The van der Waals surface area contributed by atoms with Gasteiger partial charge in [0.1, 0.15) is 0 Å². The molecule has 0 N–H and O–H groups in total. The first kappa shape index (κ1) is 24.4. The van der Waals surface area contributed by atoms with Crippen molar-refractivity contribution in [2.24, 2.45) is 5.92 Å². The number of carbonyl (C=O) groups excluding carboxylic acids is 2. The molecule has 2 aromatic carbocycles. The second-order valence-corrected chi connectivity index (χ2v) is 7.81. The Hall–Kier alpha value is -2.88. The monoisotopic (exact) mass is 421 g/mol. The average molecular weight is 422 g/mol. The van der Waals surface area contributed by atoms with Crippen LogP contribution in [0.15, 0.2) is 60.8 Å². The van der Waals surface area contributed by atoms with E-state index in [2.05, 4.69) is 13.8 Å². The van der Waals surface area contributed by atoms with E-state index in [1.807, 2.05) is 60.5 Å². The van der Waals surface area contributed by atoms with Gasteiger partial charge in [-0.15, -0.1) is 0 Å². The quantitative estimate of drug-likeness (QED) is 0.289. The summed E-state index contributed by atoms with van der Waals surface area (Å²) in [5.74, 6) is 0.152. The van der Waals surface area contributed by atoms with E-state index < -0.39 is 0 Å². The summed E-state index contributed by atoms with van der Waals surface area (Å²) in [4.78, 5) is 26.7. The maximum absolute atomic E-state index is 12.4. The molecule has 0 amide bonds. The molecule has 0 aliphatic heterocycles. The molecule has 0 aliphatic carbocycles. The molecule has 2 rings (SSSR count). The van der Waals surface area contributed by atoms with Gasteiger partial charge in [-0.05, 0) is 56.0 Å². The number of rotatable bonds is 12. The lowest BCUT2D eigenvalue weighted by Gasteiger charge is -2.21. The van der Waals surface area contributed by atoms with Crippen molar-refractivity contribution in [3.8, 4) is 0 Å². The molecule has 4 heteroatoms. The van der Waals surface area contributed by atoms with Gasteiger partial charge in [0.15, 0.2) is 5.78 Å².